The molecule has 1 aromatic heterocycles. The largest absolute Gasteiger partial charge is 0.324 e. The van der Waals surface area contributed by atoms with Gasteiger partial charge in [-0.1, -0.05) is 13.0 Å². The van der Waals surface area contributed by atoms with Crippen LogP contribution in [-0.4, -0.2) is 33.5 Å². The molecule has 0 spiro atoms. The number of aryl methyl sites for hydroxylation is 1. The summed E-state index contributed by atoms with van der Waals surface area (Å²) in [6, 6.07) is 5.90. The molecule has 0 saturated carbocycles. The molecule has 5 heteroatoms. The Labute approximate surface area is 119 Å². The van der Waals surface area contributed by atoms with Crippen LogP contribution in [0.4, 0.5) is 10.7 Å². The van der Waals surface area contributed by atoms with Crippen molar-refractivity contribution in [3.63, 3.8) is 0 Å². The molecule has 2 amide bonds. The molecule has 20 heavy (non-hydrogen) atoms. The smallest absolute Gasteiger partial charge is 0.324 e. The Bertz CT molecular complexity index is 624. The van der Waals surface area contributed by atoms with Gasteiger partial charge in [0.2, 0.25) is 5.95 Å². The molecule has 2 N–H and O–H groups in total. The summed E-state index contributed by atoms with van der Waals surface area (Å²) >= 11 is 0. The highest BCUT2D eigenvalue weighted by molar-refractivity contribution is 5.90. The SMILES string of the molecule is CCc1ccc2nc(NC(=O)N(C)C(C)(C)C)[nH]c2c1. The number of carbonyl (C=O) groups excluding carboxylic acids is 1. The highest BCUT2D eigenvalue weighted by Gasteiger charge is 2.22. The first-order valence-corrected chi connectivity index (χ1v) is 6.84. The van der Waals surface area contributed by atoms with Crippen molar-refractivity contribution in [1.82, 2.24) is 14.9 Å². The third kappa shape index (κ3) is 2.92. The lowest BCUT2D eigenvalue weighted by Crippen LogP contribution is -2.44. The minimum Gasteiger partial charge on any atom is -0.324 e. The monoisotopic (exact) mass is 274 g/mol. The standard InChI is InChI=1S/C15H22N4O/c1-6-10-7-8-11-12(9-10)17-13(16-11)18-14(20)19(5)15(2,3)4/h7-9H,6H2,1-5H3,(H2,16,17,18,20). The van der Waals surface area contributed by atoms with Crippen LogP contribution in [0, 0.1) is 0 Å². The number of amides is 2. The fourth-order valence-corrected chi connectivity index (χ4v) is 1.83. The van der Waals surface area contributed by atoms with Crippen molar-refractivity contribution in [3.8, 4) is 0 Å². The Morgan fingerprint density at radius 3 is 2.70 bits per heavy atom. The van der Waals surface area contributed by atoms with Crippen molar-refractivity contribution < 1.29 is 4.79 Å². The van der Waals surface area contributed by atoms with E-state index in [9.17, 15) is 4.79 Å². The third-order valence-electron chi connectivity index (χ3n) is 3.49. The maximum Gasteiger partial charge on any atom is 0.324 e. The first-order chi connectivity index (χ1) is 9.31. The first-order valence-electron chi connectivity index (χ1n) is 6.84. The Morgan fingerprint density at radius 2 is 2.10 bits per heavy atom. The van der Waals surface area contributed by atoms with Crippen LogP contribution in [-0.2, 0) is 6.42 Å². The van der Waals surface area contributed by atoms with Crippen LogP contribution < -0.4 is 5.32 Å². The summed E-state index contributed by atoms with van der Waals surface area (Å²) in [5.41, 5.74) is 2.81. The van der Waals surface area contributed by atoms with Crippen LogP contribution in [0.2, 0.25) is 0 Å². The molecule has 0 aliphatic carbocycles. The zero-order valence-electron chi connectivity index (χ0n) is 12.7. The van der Waals surface area contributed by atoms with Crippen LogP contribution in [0.5, 0.6) is 0 Å². The van der Waals surface area contributed by atoms with Gasteiger partial charge in [0.25, 0.3) is 0 Å². The van der Waals surface area contributed by atoms with Crippen molar-refractivity contribution in [2.24, 2.45) is 0 Å². The Hall–Kier alpha value is -2.04. The maximum atomic E-state index is 12.1. The highest BCUT2D eigenvalue weighted by Crippen LogP contribution is 2.18. The molecule has 0 radical (unpaired) electrons. The van der Waals surface area contributed by atoms with E-state index in [2.05, 4.69) is 34.3 Å². The normalized spacial score (nSPS) is 11.7. The van der Waals surface area contributed by atoms with Gasteiger partial charge in [-0.05, 0) is 44.9 Å². The summed E-state index contributed by atoms with van der Waals surface area (Å²) in [5, 5.41) is 2.80. The lowest BCUT2D eigenvalue weighted by molar-refractivity contribution is 0.178. The second-order valence-electron chi connectivity index (χ2n) is 5.95. The Balaban J connectivity index is 2.20. The second-order valence-corrected chi connectivity index (χ2v) is 5.95. The number of aromatic amines is 1. The molecule has 0 fully saturated rings. The van der Waals surface area contributed by atoms with E-state index in [0.717, 1.165) is 17.5 Å². The van der Waals surface area contributed by atoms with Gasteiger partial charge in [-0.3, -0.25) is 5.32 Å². The maximum absolute atomic E-state index is 12.1. The van der Waals surface area contributed by atoms with E-state index in [-0.39, 0.29) is 11.6 Å². The molecule has 0 aliphatic rings. The first kappa shape index (κ1) is 14.4. The van der Waals surface area contributed by atoms with E-state index in [4.69, 9.17) is 0 Å². The minimum atomic E-state index is -0.231. The topological polar surface area (TPSA) is 61.0 Å². The Morgan fingerprint density at radius 1 is 1.40 bits per heavy atom. The van der Waals surface area contributed by atoms with Gasteiger partial charge in [-0.2, -0.15) is 0 Å². The molecule has 0 bridgehead atoms. The van der Waals surface area contributed by atoms with E-state index in [0.29, 0.717) is 5.95 Å². The number of benzene rings is 1. The summed E-state index contributed by atoms with van der Waals surface area (Å²) in [6.07, 6.45) is 0.976. The molecule has 1 heterocycles. The summed E-state index contributed by atoms with van der Waals surface area (Å²) in [6.45, 7) is 8.06. The molecule has 1 aromatic carbocycles. The summed E-state index contributed by atoms with van der Waals surface area (Å²) in [7, 11) is 1.77. The number of hydrogen-bond donors (Lipinski definition) is 2. The molecule has 0 atom stereocenters. The number of anilines is 1. The molecule has 0 unspecified atom stereocenters. The molecule has 2 rings (SSSR count). The molecular formula is C15H22N4O. The third-order valence-corrected chi connectivity index (χ3v) is 3.49. The molecule has 0 aliphatic heterocycles. The number of hydrogen-bond acceptors (Lipinski definition) is 2. The van der Waals surface area contributed by atoms with Gasteiger partial charge in [-0.25, -0.2) is 9.78 Å². The summed E-state index contributed by atoms with van der Waals surface area (Å²) in [5.74, 6) is 0.481. The number of rotatable bonds is 2. The van der Waals surface area contributed by atoms with Gasteiger partial charge in [-0.15, -0.1) is 0 Å². The van der Waals surface area contributed by atoms with Crippen LogP contribution in [0.25, 0.3) is 11.0 Å². The van der Waals surface area contributed by atoms with Gasteiger partial charge in [0.05, 0.1) is 11.0 Å². The number of urea groups is 1. The zero-order valence-corrected chi connectivity index (χ0v) is 12.7. The summed E-state index contributed by atoms with van der Waals surface area (Å²) < 4.78 is 0. The number of nitrogens with zero attached hydrogens (tertiary/aromatic N) is 2. The van der Waals surface area contributed by atoms with E-state index < -0.39 is 0 Å². The fourth-order valence-electron chi connectivity index (χ4n) is 1.83. The second kappa shape index (κ2) is 5.15. The van der Waals surface area contributed by atoms with Crippen molar-refractivity contribution in [2.45, 2.75) is 39.7 Å². The van der Waals surface area contributed by atoms with Crippen molar-refractivity contribution in [1.29, 1.82) is 0 Å². The number of nitrogens with one attached hydrogen (secondary N) is 2. The highest BCUT2D eigenvalue weighted by atomic mass is 16.2. The number of imidazole rings is 1. The van der Waals surface area contributed by atoms with Gasteiger partial charge in [0.15, 0.2) is 0 Å². The lowest BCUT2D eigenvalue weighted by Gasteiger charge is -2.31. The fraction of sp³-hybridized carbons (Fsp3) is 0.467. The van der Waals surface area contributed by atoms with E-state index >= 15 is 0 Å². The van der Waals surface area contributed by atoms with Gasteiger partial charge in [0, 0.05) is 12.6 Å². The van der Waals surface area contributed by atoms with Crippen LogP contribution in [0.1, 0.15) is 33.3 Å². The van der Waals surface area contributed by atoms with Gasteiger partial charge in [0.1, 0.15) is 0 Å². The number of fused-ring (bicyclic) bond motifs is 1. The van der Waals surface area contributed by atoms with E-state index in [1.807, 2.05) is 26.8 Å². The van der Waals surface area contributed by atoms with Crippen LogP contribution in [0.3, 0.4) is 0 Å². The summed E-state index contributed by atoms with van der Waals surface area (Å²) in [4.78, 5) is 21.3. The Kier molecular flexibility index (Phi) is 3.70. The van der Waals surface area contributed by atoms with Crippen molar-refractivity contribution >= 4 is 23.0 Å². The predicted molar refractivity (Wildman–Crippen MR) is 82.0 cm³/mol. The van der Waals surface area contributed by atoms with E-state index in [1.165, 1.54) is 5.56 Å². The average molecular weight is 274 g/mol. The molecule has 0 saturated heterocycles. The molecular weight excluding hydrogens is 252 g/mol. The molecule has 2 aromatic rings. The molecule has 108 valence electrons. The minimum absolute atomic E-state index is 0.174. The van der Waals surface area contributed by atoms with Gasteiger partial charge >= 0.3 is 6.03 Å². The average Bonchev–Trinajstić information content (AvgIpc) is 2.77. The van der Waals surface area contributed by atoms with E-state index in [1.54, 1.807) is 11.9 Å². The van der Waals surface area contributed by atoms with Gasteiger partial charge < -0.3 is 9.88 Å². The number of H-pyrrole nitrogens is 1. The zero-order chi connectivity index (χ0) is 14.9. The quantitative estimate of drug-likeness (QED) is 0.881. The van der Waals surface area contributed by atoms with Crippen molar-refractivity contribution in [3.05, 3.63) is 23.8 Å². The number of carbonyl (C=O) groups is 1. The van der Waals surface area contributed by atoms with Crippen LogP contribution >= 0.6 is 0 Å². The lowest BCUT2D eigenvalue weighted by atomic mass is 10.1. The number of aromatic nitrogens is 2. The predicted octanol–water partition coefficient (Wildman–Crippen LogP) is 3.39. The van der Waals surface area contributed by atoms with Crippen molar-refractivity contribution in [2.75, 3.05) is 12.4 Å². The molecule has 5 nitrogen and oxygen atoms in total. The van der Waals surface area contributed by atoms with Crippen LogP contribution in [0.15, 0.2) is 18.2 Å².